The van der Waals surface area contributed by atoms with Crippen molar-refractivity contribution in [3.63, 3.8) is 0 Å². The average molecular weight is 339 g/mol. The molecular weight excluding hydrogens is 317 g/mol. The number of hydrogen-bond acceptors (Lipinski definition) is 2. The Kier molecular flexibility index (Phi) is 6.62. The van der Waals surface area contributed by atoms with Gasteiger partial charge in [-0.3, -0.25) is 0 Å². The van der Waals surface area contributed by atoms with Gasteiger partial charge in [-0.05, 0) is 18.3 Å². The minimum atomic E-state index is -5.87. The molecule has 0 radical (unpaired) electrons. The van der Waals surface area contributed by atoms with E-state index in [1.807, 2.05) is 20.8 Å². The number of sulfonamides is 1. The van der Waals surface area contributed by atoms with E-state index in [2.05, 4.69) is 0 Å². The van der Waals surface area contributed by atoms with Crippen molar-refractivity contribution in [1.29, 1.82) is 0 Å². The predicted molar refractivity (Wildman–Crippen MR) is 70.7 cm³/mol. The zero-order valence-electron chi connectivity index (χ0n) is 12.6. The maximum atomic E-state index is 13.0. The van der Waals surface area contributed by atoms with Crippen LogP contribution in [0.4, 0.5) is 22.0 Å². The van der Waals surface area contributed by atoms with Crippen molar-refractivity contribution >= 4 is 10.0 Å². The highest BCUT2D eigenvalue weighted by atomic mass is 32.2. The lowest BCUT2D eigenvalue weighted by Crippen LogP contribution is -2.47. The smallest absolute Gasteiger partial charge is 0.212 e. The molecule has 0 fully saturated rings. The highest BCUT2D eigenvalue weighted by Gasteiger charge is 2.60. The quantitative estimate of drug-likeness (QED) is 0.664. The molecule has 0 aliphatic heterocycles. The van der Waals surface area contributed by atoms with Crippen LogP contribution < -0.4 is 0 Å². The van der Waals surface area contributed by atoms with E-state index in [0.29, 0.717) is 12.8 Å². The minimum absolute atomic E-state index is 0.0758. The van der Waals surface area contributed by atoms with Crippen molar-refractivity contribution in [3.8, 4) is 0 Å². The third kappa shape index (κ3) is 6.90. The van der Waals surface area contributed by atoms with Gasteiger partial charge in [0.15, 0.2) is 0 Å². The molecule has 0 spiro atoms. The van der Waals surface area contributed by atoms with Crippen LogP contribution in [0.5, 0.6) is 0 Å². The molecule has 3 nitrogen and oxygen atoms in total. The maximum Gasteiger partial charge on any atom is 0.454 e. The topological polar surface area (TPSA) is 37.4 Å². The largest absolute Gasteiger partial charge is 0.454 e. The van der Waals surface area contributed by atoms with E-state index in [4.69, 9.17) is 0 Å². The van der Waals surface area contributed by atoms with Crippen LogP contribution in [-0.2, 0) is 10.0 Å². The molecule has 0 atom stereocenters. The molecule has 0 unspecified atom stereocenters. The monoisotopic (exact) mass is 339 g/mol. The molecule has 0 N–H and O–H groups in total. The summed E-state index contributed by atoms with van der Waals surface area (Å²) in [7, 11) is -4.68. The SMILES string of the molecule is CCCN(CCC(C)(C)C)S(=O)(=O)CC(F)(F)C(F)(F)F. The highest BCUT2D eigenvalue weighted by molar-refractivity contribution is 7.89. The van der Waals surface area contributed by atoms with Gasteiger partial charge in [0.1, 0.15) is 5.75 Å². The van der Waals surface area contributed by atoms with Gasteiger partial charge in [0, 0.05) is 13.1 Å². The van der Waals surface area contributed by atoms with E-state index in [1.54, 1.807) is 6.92 Å². The van der Waals surface area contributed by atoms with Crippen molar-refractivity contribution in [3.05, 3.63) is 0 Å². The van der Waals surface area contributed by atoms with Crippen LogP contribution in [-0.4, -0.2) is 43.7 Å². The molecule has 128 valence electrons. The van der Waals surface area contributed by atoms with Crippen LogP contribution in [0, 0.1) is 5.41 Å². The number of rotatable bonds is 7. The first-order valence-corrected chi connectivity index (χ1v) is 8.16. The summed E-state index contributed by atoms with van der Waals surface area (Å²) in [5, 5.41) is 0. The number of halogens is 5. The second-order valence-electron chi connectivity index (χ2n) is 6.17. The molecule has 0 aromatic carbocycles. The first-order chi connectivity index (χ1) is 9.12. The molecule has 9 heteroatoms. The Hall–Kier alpha value is -0.440. The summed E-state index contributed by atoms with van der Waals surface area (Å²) in [5.41, 5.74) is -0.256. The average Bonchev–Trinajstić information content (AvgIpc) is 2.19. The van der Waals surface area contributed by atoms with Gasteiger partial charge in [0.05, 0.1) is 0 Å². The van der Waals surface area contributed by atoms with Crippen LogP contribution in [0.1, 0.15) is 40.5 Å². The van der Waals surface area contributed by atoms with Crippen molar-refractivity contribution in [2.45, 2.75) is 52.6 Å². The molecule has 21 heavy (non-hydrogen) atoms. The van der Waals surface area contributed by atoms with Crippen molar-refractivity contribution in [1.82, 2.24) is 4.31 Å². The van der Waals surface area contributed by atoms with Crippen LogP contribution in [0.3, 0.4) is 0 Å². The maximum absolute atomic E-state index is 13.0. The summed E-state index contributed by atoms with van der Waals surface area (Å²) in [4.78, 5) is 0. The van der Waals surface area contributed by atoms with E-state index in [-0.39, 0.29) is 18.5 Å². The molecule has 0 aliphatic rings. The van der Waals surface area contributed by atoms with Gasteiger partial charge in [-0.2, -0.15) is 22.0 Å². The zero-order chi connectivity index (χ0) is 17.1. The van der Waals surface area contributed by atoms with Crippen LogP contribution in [0.25, 0.3) is 0 Å². The fraction of sp³-hybridized carbons (Fsp3) is 1.00. The van der Waals surface area contributed by atoms with E-state index >= 15 is 0 Å². The van der Waals surface area contributed by atoms with Gasteiger partial charge in [-0.25, -0.2) is 12.7 Å². The lowest BCUT2D eigenvalue weighted by Gasteiger charge is -2.28. The van der Waals surface area contributed by atoms with E-state index in [1.165, 1.54) is 0 Å². The number of hydrogen-bond donors (Lipinski definition) is 0. The van der Waals surface area contributed by atoms with Crippen molar-refractivity contribution < 1.29 is 30.4 Å². The third-order valence-corrected chi connectivity index (χ3v) is 4.64. The van der Waals surface area contributed by atoms with Gasteiger partial charge in [0.25, 0.3) is 0 Å². The van der Waals surface area contributed by atoms with Gasteiger partial charge in [-0.15, -0.1) is 0 Å². The van der Waals surface area contributed by atoms with Crippen LogP contribution in [0.15, 0.2) is 0 Å². The standard InChI is InChI=1S/C12H22F5NO2S/c1-5-7-18(8-6-10(2,3)4)21(19,20)9-11(13,14)12(15,16)17/h5-9H2,1-4H3. The Morgan fingerprint density at radius 1 is 0.952 bits per heavy atom. The van der Waals surface area contributed by atoms with Crippen LogP contribution >= 0.6 is 0 Å². The normalized spacial score (nSPS) is 14.8. The first kappa shape index (κ1) is 20.6. The van der Waals surface area contributed by atoms with Crippen molar-refractivity contribution in [2.24, 2.45) is 5.41 Å². The molecule has 0 amide bonds. The summed E-state index contributed by atoms with van der Waals surface area (Å²) in [6, 6.07) is 0. The molecule has 0 aliphatic carbocycles. The first-order valence-electron chi connectivity index (χ1n) is 6.55. The minimum Gasteiger partial charge on any atom is -0.212 e. The Labute approximate surface area is 122 Å². The molecule has 0 bridgehead atoms. The highest BCUT2D eigenvalue weighted by Crippen LogP contribution is 2.37. The Morgan fingerprint density at radius 2 is 1.43 bits per heavy atom. The van der Waals surface area contributed by atoms with Crippen LogP contribution in [0.2, 0.25) is 0 Å². The lowest BCUT2D eigenvalue weighted by atomic mass is 9.92. The lowest BCUT2D eigenvalue weighted by molar-refractivity contribution is -0.271. The predicted octanol–water partition coefficient (Wildman–Crippen LogP) is 3.66. The number of alkyl halides is 5. The molecule has 0 rings (SSSR count). The number of nitrogens with zero attached hydrogens (tertiary/aromatic N) is 1. The summed E-state index contributed by atoms with van der Waals surface area (Å²) in [6.07, 6.45) is -5.17. The molecule has 0 saturated carbocycles. The summed E-state index contributed by atoms with van der Waals surface area (Å²) >= 11 is 0. The Morgan fingerprint density at radius 3 is 1.76 bits per heavy atom. The molecule has 0 aromatic rings. The zero-order valence-corrected chi connectivity index (χ0v) is 13.4. The Balaban J connectivity index is 5.13. The second-order valence-corrected chi connectivity index (χ2v) is 8.14. The fourth-order valence-electron chi connectivity index (χ4n) is 1.50. The molecular formula is C12H22F5NO2S. The van der Waals surface area contributed by atoms with Gasteiger partial charge < -0.3 is 0 Å². The van der Waals surface area contributed by atoms with Gasteiger partial charge in [-0.1, -0.05) is 27.7 Å². The summed E-state index contributed by atoms with van der Waals surface area (Å²) in [5.74, 6) is -7.49. The molecule has 0 heterocycles. The fourth-order valence-corrected chi connectivity index (χ4v) is 3.14. The summed E-state index contributed by atoms with van der Waals surface area (Å²) in [6.45, 7) is 6.96. The Bertz CT molecular complexity index is 426. The second kappa shape index (κ2) is 6.76. The molecule has 0 aromatic heterocycles. The van der Waals surface area contributed by atoms with E-state index in [0.717, 1.165) is 4.31 Å². The van der Waals surface area contributed by atoms with Gasteiger partial charge >= 0.3 is 12.1 Å². The van der Waals surface area contributed by atoms with E-state index < -0.39 is 27.9 Å². The van der Waals surface area contributed by atoms with Crippen molar-refractivity contribution in [2.75, 3.05) is 18.8 Å². The third-order valence-electron chi connectivity index (χ3n) is 2.76. The summed E-state index contributed by atoms with van der Waals surface area (Å²) < 4.78 is 86.8. The van der Waals surface area contributed by atoms with Gasteiger partial charge in [0.2, 0.25) is 10.0 Å². The van der Waals surface area contributed by atoms with E-state index in [9.17, 15) is 30.4 Å². The molecule has 0 saturated heterocycles.